The average Bonchev–Trinajstić information content (AvgIpc) is 3.20. The van der Waals surface area contributed by atoms with Crippen molar-refractivity contribution in [2.75, 3.05) is 13.2 Å². The summed E-state index contributed by atoms with van der Waals surface area (Å²) in [5.41, 5.74) is 0. The monoisotopic (exact) mass is 299 g/mol. The Labute approximate surface area is 119 Å². The Kier molecular flexibility index (Phi) is 4.34. The highest BCUT2D eigenvalue weighted by Crippen LogP contribution is 2.45. The van der Waals surface area contributed by atoms with Gasteiger partial charge >= 0.3 is 0 Å². The summed E-state index contributed by atoms with van der Waals surface area (Å²) in [4.78, 5) is 3.98. The van der Waals surface area contributed by atoms with Crippen molar-refractivity contribution in [1.29, 1.82) is 0 Å². The minimum absolute atomic E-state index is 0.0141. The smallest absolute Gasteiger partial charge is 0.203 e. The quantitative estimate of drug-likeness (QED) is 0.831. The lowest BCUT2D eigenvalue weighted by atomic mass is 10.1. The molecule has 0 atom stereocenters. The van der Waals surface area contributed by atoms with Gasteiger partial charge in [-0.1, -0.05) is 13.8 Å². The molecule has 6 heteroatoms. The van der Waals surface area contributed by atoms with Crippen LogP contribution < -0.4 is 4.74 Å². The molecule has 5 nitrogen and oxygen atoms in total. The van der Waals surface area contributed by atoms with E-state index in [9.17, 15) is 13.5 Å². The summed E-state index contributed by atoms with van der Waals surface area (Å²) in [6.07, 6.45) is 3.37. The lowest BCUT2D eigenvalue weighted by molar-refractivity contribution is 0.283. The summed E-state index contributed by atoms with van der Waals surface area (Å²) < 4.78 is 29.1. The van der Waals surface area contributed by atoms with E-state index < -0.39 is 14.6 Å². The first-order valence-electron chi connectivity index (χ1n) is 6.86. The van der Waals surface area contributed by atoms with Crippen molar-refractivity contribution in [1.82, 2.24) is 4.98 Å². The molecule has 0 amide bonds. The van der Waals surface area contributed by atoms with Crippen molar-refractivity contribution in [2.45, 2.75) is 42.9 Å². The maximum Gasteiger partial charge on any atom is 0.203 e. The van der Waals surface area contributed by atoms with Crippen LogP contribution in [0.2, 0.25) is 0 Å². The van der Waals surface area contributed by atoms with E-state index in [2.05, 4.69) is 18.8 Å². The molecule has 2 rings (SSSR count). The van der Waals surface area contributed by atoms with Crippen LogP contribution in [-0.4, -0.2) is 36.5 Å². The van der Waals surface area contributed by atoms with Gasteiger partial charge < -0.3 is 9.84 Å². The summed E-state index contributed by atoms with van der Waals surface area (Å²) >= 11 is 0. The van der Waals surface area contributed by atoms with E-state index >= 15 is 0 Å². The first-order valence-corrected chi connectivity index (χ1v) is 8.34. The summed E-state index contributed by atoms with van der Waals surface area (Å²) in [6.45, 7) is 4.47. The van der Waals surface area contributed by atoms with Crippen LogP contribution in [0.4, 0.5) is 0 Å². The second kappa shape index (κ2) is 5.69. The molecule has 0 bridgehead atoms. The molecule has 1 N–H and O–H groups in total. The molecule has 1 saturated carbocycles. The molecule has 0 unspecified atom stereocenters. The molecule has 0 saturated heterocycles. The zero-order valence-corrected chi connectivity index (χ0v) is 12.7. The fraction of sp³-hybridized carbons (Fsp3) is 0.643. The zero-order valence-electron chi connectivity index (χ0n) is 11.9. The first-order chi connectivity index (χ1) is 9.41. The first kappa shape index (κ1) is 15.3. The van der Waals surface area contributed by atoms with Gasteiger partial charge in [0, 0.05) is 0 Å². The Balaban J connectivity index is 2.05. The second-order valence-corrected chi connectivity index (χ2v) is 8.00. The predicted octanol–water partition coefficient (Wildman–Crippen LogP) is 1.81. The van der Waals surface area contributed by atoms with Crippen LogP contribution >= 0.6 is 0 Å². The lowest BCUT2D eigenvalue weighted by Gasteiger charge is -2.13. The van der Waals surface area contributed by atoms with Gasteiger partial charge in [-0.2, -0.15) is 0 Å². The number of aliphatic hydroxyl groups is 1. The van der Waals surface area contributed by atoms with Crippen LogP contribution in [0.3, 0.4) is 0 Å². The van der Waals surface area contributed by atoms with Gasteiger partial charge in [0.1, 0.15) is 10.5 Å². The van der Waals surface area contributed by atoms with Crippen LogP contribution in [0.1, 0.15) is 33.1 Å². The second-order valence-electron chi connectivity index (χ2n) is 5.71. The molecular weight excluding hydrogens is 278 g/mol. The summed E-state index contributed by atoms with van der Waals surface area (Å²) in [6, 6.07) is 3.07. The number of aromatic nitrogens is 1. The number of aliphatic hydroxyl groups excluding tert-OH is 1. The summed E-state index contributed by atoms with van der Waals surface area (Å²) in [5.74, 6) is 1.13. The van der Waals surface area contributed by atoms with Gasteiger partial charge in [0.15, 0.2) is 5.03 Å². The van der Waals surface area contributed by atoms with Gasteiger partial charge in [0.25, 0.3) is 0 Å². The number of sulfone groups is 1. The number of hydrogen-bond acceptors (Lipinski definition) is 5. The van der Waals surface area contributed by atoms with E-state index in [0.29, 0.717) is 31.1 Å². The third kappa shape index (κ3) is 2.96. The van der Waals surface area contributed by atoms with E-state index in [1.54, 1.807) is 6.07 Å². The zero-order chi connectivity index (χ0) is 14.8. The lowest BCUT2D eigenvalue weighted by Crippen LogP contribution is -2.28. The van der Waals surface area contributed by atoms with E-state index in [4.69, 9.17) is 4.74 Å². The molecule has 1 fully saturated rings. The van der Waals surface area contributed by atoms with Gasteiger partial charge in [-0.25, -0.2) is 13.4 Å². The minimum Gasteiger partial charge on any atom is -0.492 e. The van der Waals surface area contributed by atoms with Gasteiger partial charge in [-0.15, -0.1) is 0 Å². The maximum atomic E-state index is 12.3. The fourth-order valence-corrected chi connectivity index (χ4v) is 3.59. The highest BCUT2D eigenvalue weighted by molar-refractivity contribution is 7.93. The van der Waals surface area contributed by atoms with E-state index in [1.807, 2.05) is 0 Å². The molecule has 0 spiro atoms. The standard InChI is InChI=1S/C14H21NO4S/c1-11(2)5-8-19-12-3-4-13(15-9-12)20(17,18)14(10-16)6-7-14/h3-4,9,11,16H,5-8,10H2,1-2H3. The third-order valence-corrected chi connectivity index (χ3v) is 6.08. The molecule has 0 aliphatic heterocycles. The molecule has 1 heterocycles. The highest BCUT2D eigenvalue weighted by atomic mass is 32.2. The van der Waals surface area contributed by atoms with Crippen LogP contribution in [0.25, 0.3) is 0 Å². The van der Waals surface area contributed by atoms with Crippen LogP contribution in [-0.2, 0) is 9.84 Å². The van der Waals surface area contributed by atoms with E-state index in [-0.39, 0.29) is 11.6 Å². The van der Waals surface area contributed by atoms with Gasteiger partial charge in [-0.05, 0) is 37.3 Å². The van der Waals surface area contributed by atoms with Crippen LogP contribution in [0, 0.1) is 5.92 Å². The molecule has 0 radical (unpaired) electrons. The predicted molar refractivity (Wildman–Crippen MR) is 75.4 cm³/mol. The Bertz CT molecular complexity index is 547. The number of pyridine rings is 1. The van der Waals surface area contributed by atoms with Crippen molar-refractivity contribution in [3.05, 3.63) is 18.3 Å². The molecule has 112 valence electrons. The Hall–Kier alpha value is -1.14. The molecular formula is C14H21NO4S. The Morgan fingerprint density at radius 1 is 1.40 bits per heavy atom. The topological polar surface area (TPSA) is 76.5 Å². The van der Waals surface area contributed by atoms with E-state index in [1.165, 1.54) is 12.3 Å². The molecule has 0 aromatic carbocycles. The number of hydrogen-bond donors (Lipinski definition) is 1. The SMILES string of the molecule is CC(C)CCOc1ccc(S(=O)(=O)C2(CO)CC2)nc1. The van der Waals surface area contributed by atoms with Crippen LogP contribution in [0.15, 0.2) is 23.4 Å². The molecule has 1 aliphatic rings. The minimum atomic E-state index is -3.54. The Morgan fingerprint density at radius 3 is 2.55 bits per heavy atom. The average molecular weight is 299 g/mol. The van der Waals surface area contributed by atoms with Gasteiger partial charge in [0.2, 0.25) is 9.84 Å². The van der Waals surface area contributed by atoms with Crippen molar-refractivity contribution < 1.29 is 18.3 Å². The molecule has 1 aliphatic carbocycles. The molecule has 1 aromatic heterocycles. The normalized spacial score (nSPS) is 17.2. The van der Waals surface area contributed by atoms with Crippen molar-refractivity contribution in [3.63, 3.8) is 0 Å². The molecule has 20 heavy (non-hydrogen) atoms. The Morgan fingerprint density at radius 2 is 2.10 bits per heavy atom. The van der Waals surface area contributed by atoms with Crippen molar-refractivity contribution >= 4 is 9.84 Å². The highest BCUT2D eigenvalue weighted by Gasteiger charge is 2.55. The third-order valence-electron chi connectivity index (χ3n) is 3.61. The van der Waals surface area contributed by atoms with Crippen molar-refractivity contribution in [3.8, 4) is 5.75 Å². The van der Waals surface area contributed by atoms with E-state index in [0.717, 1.165) is 6.42 Å². The largest absolute Gasteiger partial charge is 0.492 e. The number of ether oxygens (including phenoxy) is 1. The van der Waals surface area contributed by atoms with Crippen LogP contribution in [0.5, 0.6) is 5.75 Å². The van der Waals surface area contributed by atoms with Gasteiger partial charge in [-0.3, -0.25) is 0 Å². The number of rotatable bonds is 7. The summed E-state index contributed by atoms with van der Waals surface area (Å²) in [7, 11) is -3.54. The summed E-state index contributed by atoms with van der Waals surface area (Å²) in [5, 5.41) is 9.26. The van der Waals surface area contributed by atoms with Gasteiger partial charge in [0.05, 0.1) is 19.4 Å². The number of nitrogens with zero attached hydrogens (tertiary/aromatic N) is 1. The fourth-order valence-electron chi connectivity index (χ4n) is 1.90. The van der Waals surface area contributed by atoms with Crippen molar-refractivity contribution in [2.24, 2.45) is 5.92 Å². The molecule has 1 aromatic rings. The maximum absolute atomic E-state index is 12.3.